The lowest BCUT2D eigenvalue weighted by molar-refractivity contribution is -0.0583. The SMILES string of the molecule is Cc1ccc(C(=O)OCC2OC(n3cc(COCc4ccccc4)c(=O)[nH]c3=O)CC2OC(=O)c2ccc(C)cc2)cc1. The number of H-pyrrole nitrogens is 1. The van der Waals surface area contributed by atoms with Crippen LogP contribution in [-0.2, 0) is 32.2 Å². The first-order chi connectivity index (χ1) is 20.8. The van der Waals surface area contributed by atoms with Gasteiger partial charge < -0.3 is 18.9 Å². The first kappa shape index (κ1) is 29.7. The minimum atomic E-state index is -0.906. The lowest BCUT2D eigenvalue weighted by atomic mass is 10.1. The van der Waals surface area contributed by atoms with Crippen molar-refractivity contribution in [1.82, 2.24) is 9.55 Å². The number of carbonyl (C=O) groups is 2. The molecule has 3 atom stereocenters. The van der Waals surface area contributed by atoms with E-state index in [4.69, 9.17) is 18.9 Å². The number of esters is 2. The van der Waals surface area contributed by atoms with E-state index in [1.54, 1.807) is 48.5 Å². The maximum absolute atomic E-state index is 13.0. The molecular weight excluding hydrogens is 552 g/mol. The van der Waals surface area contributed by atoms with Gasteiger partial charge in [0.1, 0.15) is 25.0 Å². The Morgan fingerprint density at radius 2 is 1.49 bits per heavy atom. The Hall–Kier alpha value is -4.80. The summed E-state index contributed by atoms with van der Waals surface area (Å²) in [6.07, 6.45) is -1.15. The van der Waals surface area contributed by atoms with E-state index in [9.17, 15) is 19.2 Å². The molecule has 1 aromatic heterocycles. The van der Waals surface area contributed by atoms with Gasteiger partial charge in [-0.2, -0.15) is 0 Å². The third-order valence-corrected chi connectivity index (χ3v) is 7.11. The zero-order valence-corrected chi connectivity index (χ0v) is 23.9. The highest BCUT2D eigenvalue weighted by Gasteiger charge is 2.40. The number of hydrogen-bond donors (Lipinski definition) is 1. The Bertz CT molecular complexity index is 1680. The molecule has 0 bridgehead atoms. The van der Waals surface area contributed by atoms with E-state index in [1.165, 1.54) is 10.8 Å². The fourth-order valence-corrected chi connectivity index (χ4v) is 4.67. The van der Waals surface area contributed by atoms with Gasteiger partial charge in [-0.05, 0) is 43.7 Å². The molecule has 1 N–H and O–H groups in total. The number of aryl methyl sites for hydroxylation is 2. The zero-order chi connectivity index (χ0) is 30.3. The molecule has 0 radical (unpaired) electrons. The minimum Gasteiger partial charge on any atom is -0.459 e. The van der Waals surface area contributed by atoms with Crippen LogP contribution in [0.2, 0.25) is 0 Å². The number of rotatable bonds is 10. The van der Waals surface area contributed by atoms with Gasteiger partial charge >= 0.3 is 17.6 Å². The lowest BCUT2D eigenvalue weighted by Crippen LogP contribution is -2.34. The van der Waals surface area contributed by atoms with Crippen LogP contribution in [0.1, 0.15) is 55.6 Å². The monoisotopic (exact) mass is 584 g/mol. The summed E-state index contributed by atoms with van der Waals surface area (Å²) in [6, 6.07) is 23.3. The molecule has 1 fully saturated rings. The molecule has 4 aromatic rings. The molecule has 2 heterocycles. The molecule has 222 valence electrons. The van der Waals surface area contributed by atoms with Crippen LogP contribution < -0.4 is 11.2 Å². The van der Waals surface area contributed by atoms with Crippen molar-refractivity contribution in [1.29, 1.82) is 0 Å². The van der Waals surface area contributed by atoms with Crippen molar-refractivity contribution in [2.24, 2.45) is 0 Å². The number of aromatic nitrogens is 2. The fourth-order valence-electron chi connectivity index (χ4n) is 4.67. The molecule has 1 aliphatic rings. The molecule has 1 aliphatic heterocycles. The average Bonchev–Trinajstić information content (AvgIpc) is 3.40. The van der Waals surface area contributed by atoms with Gasteiger partial charge in [0.05, 0.1) is 29.9 Å². The van der Waals surface area contributed by atoms with Crippen molar-refractivity contribution in [2.45, 2.75) is 51.9 Å². The van der Waals surface area contributed by atoms with E-state index in [-0.39, 0.29) is 31.8 Å². The number of hydrogen-bond acceptors (Lipinski definition) is 8. The zero-order valence-electron chi connectivity index (χ0n) is 23.9. The molecule has 43 heavy (non-hydrogen) atoms. The quantitative estimate of drug-likeness (QED) is 0.275. The van der Waals surface area contributed by atoms with Crippen molar-refractivity contribution in [3.8, 4) is 0 Å². The van der Waals surface area contributed by atoms with Gasteiger partial charge in [0.15, 0.2) is 0 Å². The second kappa shape index (κ2) is 13.5. The number of nitrogens with one attached hydrogen (secondary N) is 1. The van der Waals surface area contributed by atoms with E-state index >= 15 is 0 Å². The highest BCUT2D eigenvalue weighted by molar-refractivity contribution is 5.90. The molecule has 10 heteroatoms. The normalized spacial score (nSPS) is 17.9. The number of aromatic amines is 1. The van der Waals surface area contributed by atoms with E-state index in [0.717, 1.165) is 16.7 Å². The molecule has 5 rings (SSSR count). The molecular formula is C33H32N2O8. The molecule has 0 spiro atoms. The Balaban J connectivity index is 1.33. The molecule has 3 aromatic carbocycles. The average molecular weight is 585 g/mol. The van der Waals surface area contributed by atoms with Crippen molar-refractivity contribution in [3.05, 3.63) is 139 Å². The third-order valence-electron chi connectivity index (χ3n) is 7.11. The first-order valence-electron chi connectivity index (χ1n) is 13.9. The summed E-state index contributed by atoms with van der Waals surface area (Å²) in [5.41, 5.74) is 2.60. The summed E-state index contributed by atoms with van der Waals surface area (Å²) in [7, 11) is 0. The second-order valence-corrected chi connectivity index (χ2v) is 10.4. The van der Waals surface area contributed by atoms with Crippen LogP contribution in [0.15, 0.2) is 94.6 Å². The maximum atomic E-state index is 13.0. The van der Waals surface area contributed by atoms with Crippen LogP contribution in [-0.4, -0.2) is 40.3 Å². The topological polar surface area (TPSA) is 126 Å². The molecule has 0 saturated carbocycles. The molecule has 3 unspecified atom stereocenters. The number of benzene rings is 3. The van der Waals surface area contributed by atoms with Gasteiger partial charge in [-0.25, -0.2) is 14.4 Å². The smallest absolute Gasteiger partial charge is 0.338 e. The Kier molecular flexibility index (Phi) is 9.29. The highest BCUT2D eigenvalue weighted by atomic mass is 16.6. The first-order valence-corrected chi connectivity index (χ1v) is 13.9. The largest absolute Gasteiger partial charge is 0.459 e. The van der Waals surface area contributed by atoms with E-state index < -0.39 is 41.6 Å². The van der Waals surface area contributed by atoms with Crippen LogP contribution in [0.5, 0.6) is 0 Å². The van der Waals surface area contributed by atoms with Gasteiger partial charge in [0.25, 0.3) is 5.56 Å². The molecule has 10 nitrogen and oxygen atoms in total. The van der Waals surface area contributed by atoms with Crippen molar-refractivity contribution < 1.29 is 28.5 Å². The number of carbonyl (C=O) groups excluding carboxylic acids is 2. The summed E-state index contributed by atoms with van der Waals surface area (Å²) >= 11 is 0. The predicted molar refractivity (Wildman–Crippen MR) is 157 cm³/mol. The van der Waals surface area contributed by atoms with Gasteiger partial charge in [0.2, 0.25) is 0 Å². The molecule has 1 saturated heterocycles. The maximum Gasteiger partial charge on any atom is 0.338 e. The standard InChI is InChI=1S/C33H32N2O8/c1-21-8-12-24(13-9-21)31(37)41-20-28-27(43-32(38)25-14-10-22(2)11-15-25)16-29(42-28)35-17-26(30(36)34-33(35)39)19-40-18-23-6-4-3-5-7-23/h3-15,17,27-29H,16,18-20H2,1-2H3,(H,34,36,39). The van der Waals surface area contributed by atoms with Crippen LogP contribution in [0, 0.1) is 13.8 Å². The number of nitrogens with zero attached hydrogens (tertiary/aromatic N) is 1. The summed E-state index contributed by atoms with van der Waals surface area (Å²) < 4.78 is 24.4. The van der Waals surface area contributed by atoms with Crippen LogP contribution in [0.4, 0.5) is 0 Å². The number of ether oxygens (including phenoxy) is 4. The Morgan fingerprint density at radius 1 is 0.860 bits per heavy atom. The Labute approximate surface area is 247 Å². The Morgan fingerprint density at radius 3 is 2.14 bits per heavy atom. The van der Waals surface area contributed by atoms with Crippen molar-refractivity contribution in [2.75, 3.05) is 6.61 Å². The van der Waals surface area contributed by atoms with E-state index in [2.05, 4.69) is 4.98 Å². The van der Waals surface area contributed by atoms with Crippen LogP contribution >= 0.6 is 0 Å². The van der Waals surface area contributed by atoms with E-state index in [1.807, 2.05) is 44.2 Å². The predicted octanol–water partition coefficient (Wildman–Crippen LogP) is 4.24. The lowest BCUT2D eigenvalue weighted by Gasteiger charge is -2.19. The highest BCUT2D eigenvalue weighted by Crippen LogP contribution is 2.31. The van der Waals surface area contributed by atoms with Crippen molar-refractivity contribution in [3.63, 3.8) is 0 Å². The van der Waals surface area contributed by atoms with Crippen molar-refractivity contribution >= 4 is 11.9 Å². The van der Waals surface area contributed by atoms with Crippen LogP contribution in [0.25, 0.3) is 0 Å². The van der Waals surface area contributed by atoms with Gasteiger partial charge in [0, 0.05) is 12.6 Å². The van der Waals surface area contributed by atoms with Gasteiger partial charge in [-0.15, -0.1) is 0 Å². The third kappa shape index (κ3) is 7.54. The molecule has 0 amide bonds. The summed E-state index contributed by atoms with van der Waals surface area (Å²) in [5, 5.41) is 0. The van der Waals surface area contributed by atoms with Crippen LogP contribution in [0.3, 0.4) is 0 Å². The second-order valence-electron chi connectivity index (χ2n) is 10.4. The summed E-state index contributed by atoms with van der Waals surface area (Å²) in [4.78, 5) is 53.3. The van der Waals surface area contributed by atoms with Gasteiger partial charge in [-0.1, -0.05) is 65.7 Å². The summed E-state index contributed by atoms with van der Waals surface area (Å²) in [5.74, 6) is -1.14. The van der Waals surface area contributed by atoms with E-state index in [0.29, 0.717) is 11.1 Å². The minimum absolute atomic E-state index is 0.0410. The summed E-state index contributed by atoms with van der Waals surface area (Å²) in [6.45, 7) is 3.84. The molecule has 0 aliphatic carbocycles. The fraction of sp³-hybridized carbons (Fsp3) is 0.273. The van der Waals surface area contributed by atoms with Gasteiger partial charge in [-0.3, -0.25) is 14.3 Å².